The summed E-state index contributed by atoms with van der Waals surface area (Å²) in [5.74, 6) is -0.127. The van der Waals surface area contributed by atoms with Gasteiger partial charge in [0, 0.05) is 18.2 Å². The molecule has 2 N–H and O–H groups in total. The van der Waals surface area contributed by atoms with Crippen molar-refractivity contribution in [3.05, 3.63) is 29.3 Å². The van der Waals surface area contributed by atoms with Crippen molar-refractivity contribution in [1.82, 2.24) is 0 Å². The molecule has 0 radical (unpaired) electrons. The maximum Gasteiger partial charge on any atom is 0.181 e. The molecule has 0 fully saturated rings. The Morgan fingerprint density at radius 2 is 2.18 bits per heavy atom. The lowest BCUT2D eigenvalue weighted by Gasteiger charge is -2.15. The molecule has 1 aromatic rings. The first-order valence-electron chi connectivity index (χ1n) is 5.29. The molecule has 6 heteroatoms. The molecule has 0 spiro atoms. The van der Waals surface area contributed by atoms with Crippen LogP contribution in [0.4, 0.5) is 0 Å². The van der Waals surface area contributed by atoms with Gasteiger partial charge in [-0.15, -0.1) is 0 Å². The van der Waals surface area contributed by atoms with Crippen LogP contribution in [0.15, 0.2) is 29.2 Å². The quantitative estimate of drug-likeness (QED) is 0.855. The van der Waals surface area contributed by atoms with Crippen molar-refractivity contribution in [2.45, 2.75) is 17.9 Å². The van der Waals surface area contributed by atoms with Crippen LogP contribution in [0, 0.1) is 0 Å². The number of halogens is 1. The summed E-state index contributed by atoms with van der Waals surface area (Å²) in [5.41, 5.74) is 5.46. The molecule has 0 aliphatic rings. The predicted octanol–water partition coefficient (Wildman–Crippen LogP) is 1.48. The minimum atomic E-state index is -3.41. The normalized spacial score (nSPS) is 13.6. The van der Waals surface area contributed by atoms with Crippen LogP contribution in [0.25, 0.3) is 0 Å². The van der Waals surface area contributed by atoms with Crippen molar-refractivity contribution in [3.63, 3.8) is 0 Å². The first-order chi connectivity index (χ1) is 7.99. The molecular formula is C11H16ClNO3S. The van der Waals surface area contributed by atoms with Crippen LogP contribution in [0.5, 0.6) is 0 Å². The number of ether oxygens (including phenoxy) is 1. The molecule has 96 valence electrons. The standard InChI is InChI=1S/C11H16ClNO3S/c1-2-16-10(7-13)8-17(14,15)11-5-3-4-9(12)6-11/h3-6,10H,2,7-8,13H2,1H3. The Bertz CT molecular complexity index is 462. The van der Waals surface area contributed by atoms with Gasteiger partial charge in [-0.1, -0.05) is 17.7 Å². The molecule has 0 aliphatic heterocycles. The molecule has 0 bridgehead atoms. The second-order valence-electron chi connectivity index (χ2n) is 3.55. The van der Waals surface area contributed by atoms with Gasteiger partial charge in [-0.25, -0.2) is 8.42 Å². The van der Waals surface area contributed by atoms with Gasteiger partial charge < -0.3 is 10.5 Å². The van der Waals surface area contributed by atoms with E-state index in [2.05, 4.69) is 0 Å². The highest BCUT2D eigenvalue weighted by atomic mass is 35.5. The zero-order valence-electron chi connectivity index (χ0n) is 9.60. The molecular weight excluding hydrogens is 262 g/mol. The Kier molecular flexibility index (Phi) is 5.39. The lowest BCUT2D eigenvalue weighted by Crippen LogP contribution is -2.31. The van der Waals surface area contributed by atoms with Gasteiger partial charge in [-0.2, -0.15) is 0 Å². The summed E-state index contributed by atoms with van der Waals surface area (Å²) in [6.07, 6.45) is -0.482. The Morgan fingerprint density at radius 3 is 2.71 bits per heavy atom. The monoisotopic (exact) mass is 277 g/mol. The third-order valence-electron chi connectivity index (χ3n) is 2.23. The molecule has 0 aliphatic carbocycles. The molecule has 0 aromatic heterocycles. The van der Waals surface area contributed by atoms with Crippen molar-refractivity contribution in [1.29, 1.82) is 0 Å². The summed E-state index contributed by atoms with van der Waals surface area (Å²) in [7, 11) is -3.41. The first kappa shape index (κ1) is 14.4. The van der Waals surface area contributed by atoms with Gasteiger partial charge >= 0.3 is 0 Å². The summed E-state index contributed by atoms with van der Waals surface area (Å²) in [4.78, 5) is 0.197. The first-order valence-corrected chi connectivity index (χ1v) is 7.32. The summed E-state index contributed by atoms with van der Waals surface area (Å²) in [5, 5.41) is 0.395. The van der Waals surface area contributed by atoms with Crippen molar-refractivity contribution in [2.24, 2.45) is 5.73 Å². The highest BCUT2D eigenvalue weighted by Crippen LogP contribution is 2.17. The van der Waals surface area contributed by atoms with Crippen molar-refractivity contribution in [3.8, 4) is 0 Å². The zero-order valence-corrected chi connectivity index (χ0v) is 11.2. The van der Waals surface area contributed by atoms with Crippen LogP contribution in [0.1, 0.15) is 6.92 Å². The van der Waals surface area contributed by atoms with Gasteiger partial charge in [0.15, 0.2) is 9.84 Å². The van der Waals surface area contributed by atoms with E-state index in [1.165, 1.54) is 12.1 Å². The number of rotatable bonds is 6. The van der Waals surface area contributed by atoms with E-state index in [9.17, 15) is 8.42 Å². The van der Waals surface area contributed by atoms with Gasteiger partial charge in [0.05, 0.1) is 16.8 Å². The van der Waals surface area contributed by atoms with Crippen LogP contribution in [0.2, 0.25) is 5.02 Å². The largest absolute Gasteiger partial charge is 0.376 e. The number of sulfone groups is 1. The van der Waals surface area contributed by atoms with E-state index in [0.29, 0.717) is 11.6 Å². The Morgan fingerprint density at radius 1 is 1.47 bits per heavy atom. The fourth-order valence-corrected chi connectivity index (χ4v) is 3.18. The van der Waals surface area contributed by atoms with E-state index in [4.69, 9.17) is 22.1 Å². The maximum atomic E-state index is 12.0. The number of hydrogen-bond acceptors (Lipinski definition) is 4. The van der Waals surface area contributed by atoms with Crippen molar-refractivity contribution >= 4 is 21.4 Å². The smallest absolute Gasteiger partial charge is 0.181 e. The molecule has 0 amide bonds. The topological polar surface area (TPSA) is 69.4 Å². The Balaban J connectivity index is 2.88. The Labute approximate surface area is 107 Å². The van der Waals surface area contributed by atoms with E-state index in [1.807, 2.05) is 0 Å². The second kappa shape index (κ2) is 6.35. The lowest BCUT2D eigenvalue weighted by molar-refractivity contribution is 0.0846. The summed E-state index contributed by atoms with van der Waals surface area (Å²) < 4.78 is 29.3. The minimum Gasteiger partial charge on any atom is -0.376 e. The van der Waals surface area contributed by atoms with Crippen molar-refractivity contribution < 1.29 is 13.2 Å². The summed E-state index contributed by atoms with van der Waals surface area (Å²) in [6.45, 7) is 2.41. The SMILES string of the molecule is CCOC(CN)CS(=O)(=O)c1cccc(Cl)c1. The van der Waals surface area contributed by atoms with Crippen LogP contribution in [0.3, 0.4) is 0 Å². The number of nitrogens with two attached hydrogens (primary N) is 1. The molecule has 1 aromatic carbocycles. The third kappa shape index (κ3) is 4.27. The average Bonchev–Trinajstić information content (AvgIpc) is 2.28. The van der Waals surface area contributed by atoms with E-state index in [-0.39, 0.29) is 17.2 Å². The summed E-state index contributed by atoms with van der Waals surface area (Å²) >= 11 is 5.76. The fourth-order valence-electron chi connectivity index (χ4n) is 1.42. The van der Waals surface area contributed by atoms with E-state index in [0.717, 1.165) is 0 Å². The molecule has 0 saturated carbocycles. The predicted molar refractivity (Wildman–Crippen MR) is 68.0 cm³/mol. The molecule has 17 heavy (non-hydrogen) atoms. The number of hydrogen-bond donors (Lipinski definition) is 1. The lowest BCUT2D eigenvalue weighted by atomic mass is 10.4. The van der Waals surface area contributed by atoms with Gasteiger partial charge in [0.25, 0.3) is 0 Å². The molecule has 1 unspecified atom stereocenters. The summed E-state index contributed by atoms with van der Waals surface area (Å²) in [6, 6.07) is 6.17. The van der Waals surface area contributed by atoms with Crippen LogP contribution in [-0.4, -0.2) is 33.4 Å². The molecule has 1 rings (SSSR count). The molecule has 1 atom stereocenters. The number of benzene rings is 1. The van der Waals surface area contributed by atoms with Gasteiger partial charge in [-0.3, -0.25) is 0 Å². The van der Waals surface area contributed by atoms with Gasteiger partial charge in [0.1, 0.15) is 0 Å². The highest BCUT2D eigenvalue weighted by Gasteiger charge is 2.20. The van der Waals surface area contributed by atoms with Crippen molar-refractivity contribution in [2.75, 3.05) is 18.9 Å². The zero-order chi connectivity index (χ0) is 12.9. The van der Waals surface area contributed by atoms with Gasteiger partial charge in [-0.05, 0) is 25.1 Å². The van der Waals surface area contributed by atoms with E-state index in [1.54, 1.807) is 19.1 Å². The second-order valence-corrected chi connectivity index (χ2v) is 6.02. The van der Waals surface area contributed by atoms with Crippen LogP contribution in [-0.2, 0) is 14.6 Å². The average molecular weight is 278 g/mol. The van der Waals surface area contributed by atoms with E-state index < -0.39 is 15.9 Å². The molecule has 4 nitrogen and oxygen atoms in total. The van der Waals surface area contributed by atoms with Crippen LogP contribution >= 0.6 is 11.6 Å². The Hall–Kier alpha value is -0.620. The van der Waals surface area contributed by atoms with Gasteiger partial charge in [0.2, 0.25) is 0 Å². The third-order valence-corrected chi connectivity index (χ3v) is 4.24. The van der Waals surface area contributed by atoms with Crippen LogP contribution < -0.4 is 5.73 Å². The van der Waals surface area contributed by atoms with E-state index >= 15 is 0 Å². The maximum absolute atomic E-state index is 12.0. The molecule has 0 heterocycles. The fraction of sp³-hybridized carbons (Fsp3) is 0.455. The molecule has 0 saturated heterocycles. The minimum absolute atomic E-state index is 0.127. The highest BCUT2D eigenvalue weighted by molar-refractivity contribution is 7.91.